The summed E-state index contributed by atoms with van der Waals surface area (Å²) in [5.41, 5.74) is -0.581. The fourth-order valence-corrected chi connectivity index (χ4v) is 2.15. The summed E-state index contributed by atoms with van der Waals surface area (Å²) in [6, 6.07) is 0.167. The molecule has 1 aliphatic carbocycles. The molecule has 0 aromatic heterocycles. The molecule has 5 nitrogen and oxygen atoms in total. The zero-order valence-electron chi connectivity index (χ0n) is 10.0. The Morgan fingerprint density at radius 1 is 1.56 bits per heavy atom. The molecule has 90 valence electrons. The molecular formula is C11H19N3O2. The molecule has 1 heterocycles. The van der Waals surface area contributed by atoms with Gasteiger partial charge in [-0.25, -0.2) is 0 Å². The van der Waals surface area contributed by atoms with E-state index in [-0.39, 0.29) is 11.9 Å². The van der Waals surface area contributed by atoms with E-state index in [0.717, 1.165) is 12.8 Å². The zero-order chi connectivity index (χ0) is 11.8. The molecule has 1 unspecified atom stereocenters. The molecule has 16 heavy (non-hydrogen) atoms. The third kappa shape index (κ3) is 1.91. The lowest BCUT2D eigenvalue weighted by Crippen LogP contribution is -2.52. The second-order valence-corrected chi connectivity index (χ2v) is 4.83. The Balaban J connectivity index is 2.17. The number of hydrogen-bond acceptors (Lipinski definition) is 3. The maximum absolute atomic E-state index is 12.0. The number of aliphatic imine (C=N–C) groups is 1. The van der Waals surface area contributed by atoms with Crippen LogP contribution in [0.3, 0.4) is 0 Å². The minimum Gasteiger partial charge on any atom is -0.382 e. The smallest absolute Gasteiger partial charge is 0.255 e. The fourth-order valence-electron chi connectivity index (χ4n) is 2.15. The number of rotatable bonds is 4. The third-order valence-electron chi connectivity index (χ3n) is 3.01. The summed E-state index contributed by atoms with van der Waals surface area (Å²) in [5, 5.41) is 6.02. The lowest BCUT2D eigenvalue weighted by molar-refractivity contribution is -0.126. The van der Waals surface area contributed by atoms with Crippen LogP contribution in [-0.4, -0.2) is 37.2 Å². The van der Waals surface area contributed by atoms with Crippen LogP contribution >= 0.6 is 0 Å². The van der Waals surface area contributed by atoms with Crippen LogP contribution in [0.25, 0.3) is 0 Å². The number of nitrogens with one attached hydrogen (secondary N) is 2. The van der Waals surface area contributed by atoms with E-state index < -0.39 is 5.54 Å². The Labute approximate surface area is 95.6 Å². The van der Waals surface area contributed by atoms with Gasteiger partial charge in [0.2, 0.25) is 0 Å². The van der Waals surface area contributed by atoms with Gasteiger partial charge >= 0.3 is 0 Å². The van der Waals surface area contributed by atoms with Crippen LogP contribution in [0.2, 0.25) is 0 Å². The average molecular weight is 225 g/mol. The summed E-state index contributed by atoms with van der Waals surface area (Å²) >= 11 is 0. The second kappa shape index (κ2) is 4.05. The summed E-state index contributed by atoms with van der Waals surface area (Å²) in [5.74, 6) is 0.965. The predicted octanol–water partition coefficient (Wildman–Crippen LogP) is 0.265. The van der Waals surface area contributed by atoms with E-state index in [4.69, 9.17) is 4.74 Å². The van der Waals surface area contributed by atoms with Crippen molar-refractivity contribution in [1.29, 1.82) is 0 Å². The van der Waals surface area contributed by atoms with Gasteiger partial charge in [-0.15, -0.1) is 0 Å². The zero-order valence-corrected chi connectivity index (χ0v) is 10.0. The van der Waals surface area contributed by atoms with Crippen LogP contribution in [0.4, 0.5) is 0 Å². The van der Waals surface area contributed by atoms with Crippen molar-refractivity contribution >= 4 is 11.9 Å². The first kappa shape index (κ1) is 11.4. The number of carbonyl (C=O) groups is 1. The molecule has 1 saturated carbocycles. The molecule has 0 spiro atoms. The Morgan fingerprint density at radius 2 is 2.25 bits per heavy atom. The van der Waals surface area contributed by atoms with Crippen molar-refractivity contribution < 1.29 is 9.53 Å². The molecule has 2 N–H and O–H groups in total. The molecule has 1 atom stereocenters. The summed E-state index contributed by atoms with van der Waals surface area (Å²) in [6.07, 6.45) is 2.16. The van der Waals surface area contributed by atoms with Crippen molar-refractivity contribution in [2.24, 2.45) is 10.9 Å². The molecule has 2 rings (SSSR count). The second-order valence-electron chi connectivity index (χ2n) is 4.83. The van der Waals surface area contributed by atoms with Gasteiger partial charge in [-0.1, -0.05) is 0 Å². The van der Waals surface area contributed by atoms with Crippen molar-refractivity contribution in [3.63, 3.8) is 0 Å². The Kier molecular flexibility index (Phi) is 2.88. The van der Waals surface area contributed by atoms with E-state index in [1.165, 1.54) is 0 Å². The minimum absolute atomic E-state index is 0.00347. The highest BCUT2D eigenvalue weighted by Gasteiger charge is 2.55. The van der Waals surface area contributed by atoms with E-state index in [2.05, 4.69) is 15.6 Å². The van der Waals surface area contributed by atoms with Crippen LogP contribution in [0.5, 0.6) is 0 Å². The van der Waals surface area contributed by atoms with Gasteiger partial charge in [0.1, 0.15) is 5.54 Å². The maximum atomic E-state index is 12.0. The lowest BCUT2D eigenvalue weighted by atomic mass is 9.95. The molecule has 5 heteroatoms. The van der Waals surface area contributed by atoms with Gasteiger partial charge < -0.3 is 10.1 Å². The number of guanidine groups is 1. The first-order chi connectivity index (χ1) is 7.58. The predicted molar refractivity (Wildman–Crippen MR) is 61.2 cm³/mol. The third-order valence-corrected chi connectivity index (χ3v) is 3.01. The van der Waals surface area contributed by atoms with Crippen molar-refractivity contribution in [2.45, 2.75) is 38.3 Å². The molecule has 2 aliphatic rings. The van der Waals surface area contributed by atoms with Crippen LogP contribution in [0, 0.1) is 5.92 Å². The van der Waals surface area contributed by atoms with Crippen LogP contribution in [-0.2, 0) is 9.53 Å². The molecule has 1 amide bonds. The Hall–Kier alpha value is -1.10. The van der Waals surface area contributed by atoms with Crippen molar-refractivity contribution in [3.05, 3.63) is 0 Å². The Morgan fingerprint density at radius 3 is 2.75 bits per heavy atom. The molecule has 0 radical (unpaired) electrons. The molecule has 0 aromatic carbocycles. The number of nitrogens with zero attached hydrogens (tertiary/aromatic N) is 1. The van der Waals surface area contributed by atoms with E-state index in [0.29, 0.717) is 18.5 Å². The highest BCUT2D eigenvalue weighted by atomic mass is 16.5. The number of amides is 1. The summed E-state index contributed by atoms with van der Waals surface area (Å²) in [6.45, 7) is 4.36. The van der Waals surface area contributed by atoms with Crippen molar-refractivity contribution in [3.8, 4) is 0 Å². The highest BCUT2D eigenvalue weighted by Crippen LogP contribution is 2.41. The lowest BCUT2D eigenvalue weighted by Gasteiger charge is -2.25. The van der Waals surface area contributed by atoms with Gasteiger partial charge in [0.15, 0.2) is 5.96 Å². The van der Waals surface area contributed by atoms with Crippen molar-refractivity contribution in [2.75, 3.05) is 13.7 Å². The SMILES string of the molecule is COCC1(C2CC2)NC(=NC(C)C)NC1=O. The van der Waals surface area contributed by atoms with Gasteiger partial charge in [-0.3, -0.25) is 15.1 Å². The number of methoxy groups -OCH3 is 1. The molecular weight excluding hydrogens is 206 g/mol. The Bertz CT molecular complexity index is 323. The first-order valence-electron chi connectivity index (χ1n) is 5.75. The van der Waals surface area contributed by atoms with E-state index in [1.807, 2.05) is 13.8 Å². The van der Waals surface area contributed by atoms with Gasteiger partial charge in [-0.2, -0.15) is 0 Å². The number of ether oxygens (including phenoxy) is 1. The molecule has 1 saturated heterocycles. The molecule has 1 aliphatic heterocycles. The molecule has 0 bridgehead atoms. The van der Waals surface area contributed by atoms with Crippen LogP contribution in [0.1, 0.15) is 26.7 Å². The average Bonchev–Trinajstić information content (AvgIpc) is 2.95. The van der Waals surface area contributed by atoms with E-state index in [9.17, 15) is 4.79 Å². The van der Waals surface area contributed by atoms with Crippen LogP contribution < -0.4 is 10.6 Å². The van der Waals surface area contributed by atoms with Gasteiger partial charge in [0, 0.05) is 13.2 Å². The minimum atomic E-state index is -0.581. The van der Waals surface area contributed by atoms with Gasteiger partial charge in [0.05, 0.1) is 6.61 Å². The van der Waals surface area contributed by atoms with Gasteiger partial charge in [-0.05, 0) is 32.6 Å². The number of carbonyl (C=O) groups excluding carboxylic acids is 1. The highest BCUT2D eigenvalue weighted by molar-refractivity contribution is 6.09. The number of hydrogen-bond donors (Lipinski definition) is 2. The maximum Gasteiger partial charge on any atom is 0.255 e. The van der Waals surface area contributed by atoms with E-state index >= 15 is 0 Å². The normalized spacial score (nSPS) is 32.0. The summed E-state index contributed by atoms with van der Waals surface area (Å²) in [7, 11) is 1.62. The monoisotopic (exact) mass is 225 g/mol. The van der Waals surface area contributed by atoms with Crippen LogP contribution in [0.15, 0.2) is 4.99 Å². The largest absolute Gasteiger partial charge is 0.382 e. The molecule has 2 fully saturated rings. The topological polar surface area (TPSA) is 62.7 Å². The quantitative estimate of drug-likeness (QED) is 0.721. The van der Waals surface area contributed by atoms with E-state index in [1.54, 1.807) is 7.11 Å². The van der Waals surface area contributed by atoms with Crippen molar-refractivity contribution in [1.82, 2.24) is 10.6 Å². The standard InChI is InChI=1S/C11H19N3O2/c1-7(2)12-10-13-9(15)11(14-10,6-16-3)8-4-5-8/h7-8H,4-6H2,1-3H3,(H2,12,13,14,15). The first-order valence-corrected chi connectivity index (χ1v) is 5.75. The summed E-state index contributed by atoms with van der Waals surface area (Å²) < 4.78 is 5.18. The van der Waals surface area contributed by atoms with Gasteiger partial charge in [0.25, 0.3) is 5.91 Å². The fraction of sp³-hybridized carbons (Fsp3) is 0.818. The summed E-state index contributed by atoms with van der Waals surface area (Å²) in [4.78, 5) is 16.4. The molecule has 0 aromatic rings.